The van der Waals surface area contributed by atoms with Gasteiger partial charge in [-0.05, 0) is 25.1 Å². The molecule has 0 aliphatic carbocycles. The summed E-state index contributed by atoms with van der Waals surface area (Å²) in [5.41, 5.74) is -0.0566. The van der Waals surface area contributed by atoms with Crippen LogP contribution in [0.25, 0.3) is 0 Å². The average Bonchev–Trinajstić information content (AvgIpc) is 2.31. The lowest BCUT2D eigenvalue weighted by Gasteiger charge is -2.10. The summed E-state index contributed by atoms with van der Waals surface area (Å²) in [6.07, 6.45) is 0.650. The van der Waals surface area contributed by atoms with Crippen LogP contribution in [0.4, 0.5) is 8.78 Å². The first kappa shape index (κ1) is 14.4. The van der Waals surface area contributed by atoms with E-state index in [-0.39, 0.29) is 12.2 Å². The van der Waals surface area contributed by atoms with Crippen molar-refractivity contribution < 1.29 is 13.5 Å². The van der Waals surface area contributed by atoms with E-state index in [2.05, 4.69) is 5.32 Å². The van der Waals surface area contributed by atoms with E-state index in [1.54, 1.807) is 6.07 Å². The minimum absolute atomic E-state index is 0.0566. The highest BCUT2D eigenvalue weighted by Crippen LogP contribution is 2.23. The van der Waals surface area contributed by atoms with E-state index in [1.165, 1.54) is 0 Å². The highest BCUT2D eigenvalue weighted by atomic mass is 19.1. The highest BCUT2D eigenvalue weighted by molar-refractivity contribution is 5.37. The first-order valence-electron chi connectivity index (χ1n) is 5.80. The third-order valence-corrected chi connectivity index (χ3v) is 2.25. The number of nitriles is 1. The lowest BCUT2D eigenvalue weighted by atomic mass is 10.2. The molecule has 0 aliphatic rings. The van der Waals surface area contributed by atoms with Crippen LogP contribution in [0, 0.1) is 23.0 Å². The van der Waals surface area contributed by atoms with Gasteiger partial charge in [0.25, 0.3) is 0 Å². The van der Waals surface area contributed by atoms with Crippen LogP contribution in [0.15, 0.2) is 12.1 Å². The molecule has 0 aromatic heterocycles. The molecule has 0 unspecified atom stereocenters. The summed E-state index contributed by atoms with van der Waals surface area (Å²) in [7, 11) is 0. The molecule has 0 radical (unpaired) electrons. The summed E-state index contributed by atoms with van der Waals surface area (Å²) in [4.78, 5) is 0. The molecule has 3 nitrogen and oxygen atoms in total. The van der Waals surface area contributed by atoms with E-state index in [9.17, 15) is 8.78 Å². The van der Waals surface area contributed by atoms with Crippen molar-refractivity contribution >= 4 is 0 Å². The van der Waals surface area contributed by atoms with Crippen LogP contribution in [0.5, 0.6) is 5.75 Å². The van der Waals surface area contributed by atoms with Crippen LogP contribution in [-0.2, 0) is 0 Å². The van der Waals surface area contributed by atoms with Crippen LogP contribution in [0.2, 0.25) is 0 Å². The fourth-order valence-corrected chi connectivity index (χ4v) is 1.40. The normalized spacial score (nSPS) is 10.4. The summed E-state index contributed by atoms with van der Waals surface area (Å²) in [5, 5.41) is 11.7. The summed E-state index contributed by atoms with van der Waals surface area (Å²) in [6, 6.07) is 3.97. The van der Waals surface area contributed by atoms with Gasteiger partial charge >= 0.3 is 0 Å². The number of hydrogen-bond donors (Lipinski definition) is 1. The number of halogens is 2. The van der Waals surface area contributed by atoms with Crippen molar-refractivity contribution in [2.45, 2.75) is 26.3 Å². The van der Waals surface area contributed by atoms with E-state index in [1.807, 2.05) is 13.8 Å². The molecule has 0 aliphatic heterocycles. The minimum Gasteiger partial charge on any atom is -0.488 e. The second-order valence-electron chi connectivity index (χ2n) is 4.19. The molecule has 0 fully saturated rings. The molecule has 0 saturated heterocycles. The lowest BCUT2D eigenvalue weighted by Crippen LogP contribution is -2.24. The molecule has 1 N–H and O–H groups in total. The van der Waals surface area contributed by atoms with Gasteiger partial charge in [0.2, 0.25) is 0 Å². The summed E-state index contributed by atoms with van der Waals surface area (Å²) >= 11 is 0. The molecule has 5 heteroatoms. The standard InChI is InChI=1S/C13H16F2N2O/c1-9(2)17-4-3-5-18-13-11(14)6-10(8-16)7-12(13)15/h6-7,9,17H,3-5H2,1-2H3. The smallest absolute Gasteiger partial charge is 0.190 e. The number of hydrogen-bond acceptors (Lipinski definition) is 3. The molecule has 1 aromatic rings. The summed E-state index contributed by atoms with van der Waals surface area (Å²) in [5.74, 6) is -2.11. The van der Waals surface area contributed by atoms with Crippen molar-refractivity contribution in [1.29, 1.82) is 5.26 Å². The quantitative estimate of drug-likeness (QED) is 0.794. The Morgan fingerprint density at radius 1 is 1.33 bits per heavy atom. The number of benzene rings is 1. The molecule has 98 valence electrons. The summed E-state index contributed by atoms with van der Waals surface area (Å²) < 4.78 is 31.9. The molecule has 1 aromatic carbocycles. The molecule has 0 saturated carbocycles. The lowest BCUT2D eigenvalue weighted by molar-refractivity contribution is 0.276. The maximum absolute atomic E-state index is 13.4. The van der Waals surface area contributed by atoms with Crippen LogP contribution < -0.4 is 10.1 Å². The van der Waals surface area contributed by atoms with Gasteiger partial charge in [-0.1, -0.05) is 13.8 Å². The molecule has 0 heterocycles. The Morgan fingerprint density at radius 3 is 2.44 bits per heavy atom. The largest absolute Gasteiger partial charge is 0.488 e. The SMILES string of the molecule is CC(C)NCCCOc1c(F)cc(C#N)cc1F. The molecular formula is C13H16F2N2O. The Kier molecular flexibility index (Phi) is 5.53. The second-order valence-corrected chi connectivity index (χ2v) is 4.19. The molecule has 1 rings (SSSR count). The predicted octanol–water partition coefficient (Wildman–Crippen LogP) is 2.60. The monoisotopic (exact) mass is 254 g/mol. The van der Waals surface area contributed by atoms with Gasteiger partial charge in [0.1, 0.15) is 0 Å². The Hall–Kier alpha value is -1.67. The van der Waals surface area contributed by atoms with Crippen molar-refractivity contribution in [2.24, 2.45) is 0 Å². The average molecular weight is 254 g/mol. The van der Waals surface area contributed by atoms with Crippen molar-refractivity contribution in [3.05, 3.63) is 29.3 Å². The second kappa shape index (κ2) is 6.92. The molecule has 18 heavy (non-hydrogen) atoms. The number of nitrogens with zero attached hydrogens (tertiary/aromatic N) is 1. The first-order chi connectivity index (χ1) is 8.54. The van der Waals surface area contributed by atoms with Gasteiger partial charge in [-0.15, -0.1) is 0 Å². The molecule has 0 spiro atoms. The zero-order chi connectivity index (χ0) is 13.5. The zero-order valence-electron chi connectivity index (χ0n) is 10.5. The van der Waals surface area contributed by atoms with Gasteiger partial charge in [-0.25, -0.2) is 8.78 Å². The maximum Gasteiger partial charge on any atom is 0.190 e. The van der Waals surface area contributed by atoms with Gasteiger partial charge in [0.05, 0.1) is 18.2 Å². The Balaban J connectivity index is 2.50. The van der Waals surface area contributed by atoms with E-state index in [0.29, 0.717) is 12.5 Å². The van der Waals surface area contributed by atoms with Crippen LogP contribution in [0.1, 0.15) is 25.8 Å². The fraction of sp³-hybridized carbons (Fsp3) is 0.462. The third-order valence-electron chi connectivity index (χ3n) is 2.25. The maximum atomic E-state index is 13.4. The number of rotatable bonds is 6. The number of nitrogens with one attached hydrogen (secondary N) is 1. The topological polar surface area (TPSA) is 45.0 Å². The molecule has 0 atom stereocenters. The van der Waals surface area contributed by atoms with Gasteiger partial charge in [-0.3, -0.25) is 0 Å². The molecule has 0 bridgehead atoms. The number of ether oxygens (including phenoxy) is 1. The van der Waals surface area contributed by atoms with Crippen LogP contribution in [-0.4, -0.2) is 19.2 Å². The predicted molar refractivity (Wildman–Crippen MR) is 64.3 cm³/mol. The van der Waals surface area contributed by atoms with E-state index in [0.717, 1.165) is 18.7 Å². The van der Waals surface area contributed by atoms with Crippen molar-refractivity contribution in [3.8, 4) is 11.8 Å². The molecular weight excluding hydrogens is 238 g/mol. The third kappa shape index (κ3) is 4.30. The summed E-state index contributed by atoms with van der Waals surface area (Å²) in [6.45, 7) is 4.97. The van der Waals surface area contributed by atoms with Gasteiger partial charge < -0.3 is 10.1 Å². The van der Waals surface area contributed by atoms with Gasteiger partial charge in [0.15, 0.2) is 17.4 Å². The van der Waals surface area contributed by atoms with Crippen molar-refractivity contribution in [3.63, 3.8) is 0 Å². The highest BCUT2D eigenvalue weighted by Gasteiger charge is 2.12. The van der Waals surface area contributed by atoms with Gasteiger partial charge in [0, 0.05) is 6.04 Å². The van der Waals surface area contributed by atoms with Crippen LogP contribution in [0.3, 0.4) is 0 Å². The van der Waals surface area contributed by atoms with E-state index < -0.39 is 17.4 Å². The fourth-order valence-electron chi connectivity index (χ4n) is 1.40. The Morgan fingerprint density at radius 2 is 1.94 bits per heavy atom. The van der Waals surface area contributed by atoms with Crippen LogP contribution >= 0.6 is 0 Å². The Labute approximate surface area is 105 Å². The minimum atomic E-state index is -0.844. The van der Waals surface area contributed by atoms with Gasteiger partial charge in [-0.2, -0.15) is 5.26 Å². The molecule has 0 amide bonds. The first-order valence-corrected chi connectivity index (χ1v) is 5.80. The van der Waals surface area contributed by atoms with Crippen molar-refractivity contribution in [1.82, 2.24) is 5.32 Å². The van der Waals surface area contributed by atoms with Crippen molar-refractivity contribution in [2.75, 3.05) is 13.2 Å². The van der Waals surface area contributed by atoms with E-state index >= 15 is 0 Å². The Bertz CT molecular complexity index is 418. The van der Waals surface area contributed by atoms with E-state index in [4.69, 9.17) is 10.00 Å². The zero-order valence-corrected chi connectivity index (χ0v) is 10.5.